The minimum atomic E-state index is 0.225. The molecule has 4 nitrogen and oxygen atoms in total. The molecule has 0 saturated heterocycles. The van der Waals surface area contributed by atoms with Gasteiger partial charge in [0.2, 0.25) is 0 Å². The minimum Gasteiger partial charge on any atom is -0.507 e. The van der Waals surface area contributed by atoms with Crippen LogP contribution in [0.4, 0.5) is 0 Å². The van der Waals surface area contributed by atoms with Crippen molar-refractivity contribution in [3.05, 3.63) is 144 Å². The summed E-state index contributed by atoms with van der Waals surface area (Å²) >= 11 is 0. The van der Waals surface area contributed by atoms with E-state index in [0.717, 1.165) is 52.4 Å². The lowest BCUT2D eigenvalue weighted by atomic mass is 10.0. The van der Waals surface area contributed by atoms with Gasteiger partial charge in [0.25, 0.3) is 0 Å². The van der Waals surface area contributed by atoms with Gasteiger partial charge in [-0.05, 0) is 97.0 Å². The van der Waals surface area contributed by atoms with Crippen LogP contribution in [0.3, 0.4) is 0 Å². The summed E-state index contributed by atoms with van der Waals surface area (Å²) in [5, 5.41) is 10.6. The third-order valence-electron chi connectivity index (χ3n) is 7.15. The van der Waals surface area contributed by atoms with E-state index in [0.29, 0.717) is 0 Å². The first-order chi connectivity index (χ1) is 19.5. The van der Waals surface area contributed by atoms with Crippen LogP contribution in [0, 0.1) is 13.8 Å². The Morgan fingerprint density at radius 1 is 0.675 bits per heavy atom. The molecule has 1 N–H and O–H groups in total. The largest absolute Gasteiger partial charge is 0.507 e. The van der Waals surface area contributed by atoms with Crippen LogP contribution in [-0.2, 0) is 12.8 Å². The van der Waals surface area contributed by atoms with Crippen LogP contribution in [0.2, 0.25) is 0 Å². The van der Waals surface area contributed by atoms with Crippen LogP contribution in [0.5, 0.6) is 5.75 Å². The van der Waals surface area contributed by atoms with E-state index >= 15 is 0 Å². The lowest BCUT2D eigenvalue weighted by molar-refractivity contribution is 0.477. The zero-order valence-corrected chi connectivity index (χ0v) is 22.8. The van der Waals surface area contributed by atoms with Gasteiger partial charge in [0.05, 0.1) is 17.0 Å². The number of pyridine rings is 1. The SMILES string of the molecule is Cc1cc(C)cc(-n2cc(CCc3cccc(-c4cc(-c5ccccc5)ccn4)c3)nc2-c2ccccc2O)c1. The molecule has 0 fully saturated rings. The van der Waals surface area contributed by atoms with Crippen molar-refractivity contribution in [2.75, 3.05) is 0 Å². The molecular weight excluding hydrogens is 490 g/mol. The number of phenolic OH excluding ortho intramolecular Hbond substituents is 1. The second-order valence-corrected chi connectivity index (χ2v) is 10.3. The second kappa shape index (κ2) is 11.0. The first-order valence-corrected chi connectivity index (χ1v) is 13.6. The molecular formula is C36H31N3O. The molecule has 0 bridgehead atoms. The van der Waals surface area contributed by atoms with Crippen molar-refractivity contribution in [3.8, 4) is 45.2 Å². The quantitative estimate of drug-likeness (QED) is 0.230. The fraction of sp³-hybridized carbons (Fsp3) is 0.111. The highest BCUT2D eigenvalue weighted by atomic mass is 16.3. The number of phenols is 1. The Bertz CT molecular complexity index is 1770. The van der Waals surface area contributed by atoms with Crippen molar-refractivity contribution >= 4 is 0 Å². The van der Waals surface area contributed by atoms with Gasteiger partial charge in [-0.2, -0.15) is 0 Å². The van der Waals surface area contributed by atoms with Gasteiger partial charge in [-0.1, -0.05) is 66.7 Å². The Morgan fingerprint density at radius 3 is 2.23 bits per heavy atom. The van der Waals surface area contributed by atoms with Crippen LogP contribution < -0.4 is 0 Å². The highest BCUT2D eigenvalue weighted by molar-refractivity contribution is 5.70. The third kappa shape index (κ3) is 5.43. The molecule has 196 valence electrons. The van der Waals surface area contributed by atoms with Gasteiger partial charge in [0.15, 0.2) is 0 Å². The smallest absolute Gasteiger partial charge is 0.148 e. The zero-order chi connectivity index (χ0) is 27.5. The van der Waals surface area contributed by atoms with Crippen molar-refractivity contribution in [2.45, 2.75) is 26.7 Å². The van der Waals surface area contributed by atoms with E-state index in [9.17, 15) is 5.11 Å². The first-order valence-electron chi connectivity index (χ1n) is 13.6. The van der Waals surface area contributed by atoms with Gasteiger partial charge in [0, 0.05) is 23.6 Å². The summed E-state index contributed by atoms with van der Waals surface area (Å²) in [7, 11) is 0. The number of para-hydroxylation sites is 1. The van der Waals surface area contributed by atoms with Crippen molar-refractivity contribution in [1.82, 2.24) is 14.5 Å². The molecule has 4 aromatic carbocycles. The number of imidazole rings is 1. The van der Waals surface area contributed by atoms with E-state index in [1.54, 1.807) is 6.07 Å². The molecule has 0 radical (unpaired) electrons. The summed E-state index contributed by atoms with van der Waals surface area (Å²) in [6, 6.07) is 37.1. The van der Waals surface area contributed by atoms with Gasteiger partial charge >= 0.3 is 0 Å². The van der Waals surface area contributed by atoms with Gasteiger partial charge in [0.1, 0.15) is 11.6 Å². The van der Waals surface area contributed by atoms with Crippen LogP contribution in [0.15, 0.2) is 122 Å². The Hall–Kier alpha value is -4.96. The Balaban J connectivity index is 1.29. The van der Waals surface area contributed by atoms with Gasteiger partial charge in [-0.15, -0.1) is 0 Å². The van der Waals surface area contributed by atoms with E-state index in [-0.39, 0.29) is 5.75 Å². The molecule has 0 spiro atoms. The zero-order valence-electron chi connectivity index (χ0n) is 22.8. The summed E-state index contributed by atoms with van der Waals surface area (Å²) in [6.45, 7) is 4.21. The summed E-state index contributed by atoms with van der Waals surface area (Å²) in [4.78, 5) is 9.67. The van der Waals surface area contributed by atoms with E-state index in [2.05, 4.69) is 108 Å². The average Bonchev–Trinajstić information content (AvgIpc) is 3.41. The highest BCUT2D eigenvalue weighted by Crippen LogP contribution is 2.31. The topological polar surface area (TPSA) is 50.9 Å². The second-order valence-electron chi connectivity index (χ2n) is 10.3. The molecule has 0 saturated carbocycles. The molecule has 2 aromatic heterocycles. The van der Waals surface area contributed by atoms with E-state index in [4.69, 9.17) is 4.98 Å². The van der Waals surface area contributed by atoms with Crippen molar-refractivity contribution in [2.24, 2.45) is 0 Å². The number of hydrogen-bond donors (Lipinski definition) is 1. The Kier molecular flexibility index (Phi) is 6.98. The Morgan fingerprint density at radius 2 is 1.43 bits per heavy atom. The van der Waals surface area contributed by atoms with Crippen LogP contribution in [-0.4, -0.2) is 19.6 Å². The van der Waals surface area contributed by atoms with Crippen molar-refractivity contribution < 1.29 is 5.11 Å². The number of hydrogen-bond acceptors (Lipinski definition) is 3. The molecule has 0 atom stereocenters. The average molecular weight is 522 g/mol. The number of nitrogens with zero attached hydrogens (tertiary/aromatic N) is 3. The number of aryl methyl sites for hydroxylation is 4. The predicted octanol–water partition coefficient (Wildman–Crippen LogP) is 8.38. The maximum absolute atomic E-state index is 10.6. The summed E-state index contributed by atoms with van der Waals surface area (Å²) in [5.41, 5.74) is 10.8. The number of aromatic hydroxyl groups is 1. The molecule has 0 aliphatic carbocycles. The van der Waals surface area contributed by atoms with Crippen LogP contribution >= 0.6 is 0 Å². The molecule has 2 heterocycles. The molecule has 0 amide bonds. The summed E-state index contributed by atoms with van der Waals surface area (Å²) in [6.07, 6.45) is 5.60. The highest BCUT2D eigenvalue weighted by Gasteiger charge is 2.16. The lowest BCUT2D eigenvalue weighted by Gasteiger charge is -2.11. The molecule has 0 unspecified atom stereocenters. The number of benzene rings is 4. The molecule has 0 aliphatic rings. The molecule has 6 rings (SSSR count). The maximum atomic E-state index is 10.6. The number of rotatable bonds is 7. The summed E-state index contributed by atoms with van der Waals surface area (Å²) < 4.78 is 2.10. The predicted molar refractivity (Wildman–Crippen MR) is 163 cm³/mol. The first kappa shape index (κ1) is 25.3. The van der Waals surface area contributed by atoms with E-state index in [1.165, 1.54) is 22.3 Å². The monoisotopic (exact) mass is 521 g/mol. The van der Waals surface area contributed by atoms with Crippen molar-refractivity contribution in [1.29, 1.82) is 0 Å². The Labute approximate surface area is 235 Å². The summed E-state index contributed by atoms with van der Waals surface area (Å²) in [5.74, 6) is 0.969. The molecule has 40 heavy (non-hydrogen) atoms. The fourth-order valence-electron chi connectivity index (χ4n) is 5.25. The van der Waals surface area contributed by atoms with Crippen LogP contribution in [0.25, 0.3) is 39.5 Å². The van der Waals surface area contributed by atoms with E-state index in [1.807, 2.05) is 30.5 Å². The standard InChI is InChI=1S/C36H31N3O/c1-25-19-26(2)21-32(20-25)39-24-31(38-36(39)33-13-6-7-14-35(33)40)16-15-27-9-8-12-30(22-27)34-23-29(17-18-37-34)28-10-4-3-5-11-28/h3-14,17-24,40H,15-16H2,1-2H3. The molecule has 0 aliphatic heterocycles. The van der Waals surface area contributed by atoms with Crippen LogP contribution in [0.1, 0.15) is 22.4 Å². The normalized spacial score (nSPS) is 11.1. The molecule has 4 heteroatoms. The van der Waals surface area contributed by atoms with E-state index < -0.39 is 0 Å². The van der Waals surface area contributed by atoms with Gasteiger partial charge in [-0.25, -0.2) is 4.98 Å². The molecule has 6 aromatic rings. The van der Waals surface area contributed by atoms with Gasteiger partial charge in [-0.3, -0.25) is 9.55 Å². The van der Waals surface area contributed by atoms with Crippen molar-refractivity contribution in [3.63, 3.8) is 0 Å². The number of aromatic nitrogens is 3. The van der Waals surface area contributed by atoms with Gasteiger partial charge < -0.3 is 5.11 Å². The third-order valence-corrected chi connectivity index (χ3v) is 7.15. The lowest BCUT2D eigenvalue weighted by Crippen LogP contribution is -1.97. The fourth-order valence-corrected chi connectivity index (χ4v) is 5.25. The minimum absolute atomic E-state index is 0.225. The maximum Gasteiger partial charge on any atom is 0.148 e.